The molecule has 2 saturated heterocycles. The maximum absolute atomic E-state index is 7.93. The van der Waals surface area contributed by atoms with Crippen LogP contribution in [-0.4, -0.2) is 49.0 Å². The van der Waals surface area contributed by atoms with Gasteiger partial charge in [0.05, 0.1) is 0 Å². The molecule has 4 fully saturated rings. The Morgan fingerprint density at radius 2 is 1.18 bits per heavy atom. The van der Waals surface area contributed by atoms with E-state index < -0.39 is 6.98 Å². The summed E-state index contributed by atoms with van der Waals surface area (Å²) in [5, 5.41) is 0. The number of rotatable bonds is 0. The molecule has 0 aromatic heterocycles. The first-order chi connectivity index (χ1) is 19.6. The van der Waals surface area contributed by atoms with Crippen molar-refractivity contribution in [1.29, 1.82) is 0 Å². The van der Waals surface area contributed by atoms with Gasteiger partial charge in [-0.05, 0) is 126 Å². The molecule has 0 amide bonds. The minimum atomic E-state index is -1.95. The van der Waals surface area contributed by atoms with Crippen molar-refractivity contribution in [3.8, 4) is 0 Å². The van der Waals surface area contributed by atoms with Gasteiger partial charge in [0, 0.05) is 27.0 Å². The molecule has 0 radical (unpaired) electrons. The first-order valence-electron chi connectivity index (χ1n) is 17.3. The van der Waals surface area contributed by atoms with E-state index in [0.717, 1.165) is 31.3 Å². The molecule has 2 heteroatoms. The average Bonchev–Trinajstić information content (AvgIpc) is 2.95. The van der Waals surface area contributed by atoms with Crippen molar-refractivity contribution in [2.45, 2.75) is 114 Å². The molecule has 0 N–H and O–H groups in total. The van der Waals surface area contributed by atoms with Crippen LogP contribution in [0.25, 0.3) is 0 Å². The first-order valence-corrected chi connectivity index (χ1v) is 15.8. The lowest BCUT2D eigenvalue weighted by Crippen LogP contribution is -2.59. The maximum Gasteiger partial charge on any atom is 0.0394 e. The van der Waals surface area contributed by atoms with Crippen molar-refractivity contribution < 1.29 is 4.11 Å². The summed E-state index contributed by atoms with van der Waals surface area (Å²) in [6.07, 6.45) is 15.4. The van der Waals surface area contributed by atoms with Gasteiger partial charge < -0.3 is 9.80 Å². The lowest BCUT2D eigenvalue weighted by molar-refractivity contribution is 0.00281. The maximum atomic E-state index is 7.93. The monoisotopic (exact) mass is 513 g/mol. The van der Waals surface area contributed by atoms with E-state index in [-0.39, 0.29) is 11.5 Å². The molecule has 4 aliphatic carbocycles. The Morgan fingerprint density at radius 1 is 0.684 bits per heavy atom. The summed E-state index contributed by atoms with van der Waals surface area (Å²) in [6, 6.07) is 15.1. The van der Waals surface area contributed by atoms with Gasteiger partial charge in [0.1, 0.15) is 0 Å². The quantitative estimate of drug-likeness (QED) is 0.363. The molecular formula is C36H50N2. The summed E-state index contributed by atoms with van der Waals surface area (Å²) in [5.41, 5.74) is 9.94. The Balaban J connectivity index is 0.000000136. The third-order valence-corrected chi connectivity index (χ3v) is 12.3. The summed E-state index contributed by atoms with van der Waals surface area (Å²) >= 11 is 0. The van der Waals surface area contributed by atoms with Crippen LogP contribution in [0.4, 0.5) is 0 Å². The van der Waals surface area contributed by atoms with Crippen molar-refractivity contribution >= 4 is 0 Å². The highest BCUT2D eigenvalue weighted by molar-refractivity contribution is 5.44. The fourth-order valence-corrected chi connectivity index (χ4v) is 10.4. The molecular weight excluding hydrogens is 460 g/mol. The van der Waals surface area contributed by atoms with E-state index in [2.05, 4.69) is 62.2 Å². The van der Waals surface area contributed by atoms with Crippen LogP contribution in [0.2, 0.25) is 0 Å². The van der Waals surface area contributed by atoms with Gasteiger partial charge in [-0.1, -0.05) is 73.2 Å². The highest BCUT2D eigenvalue weighted by Gasteiger charge is 2.54. The summed E-state index contributed by atoms with van der Waals surface area (Å²) in [6.45, 7) is 4.52. The van der Waals surface area contributed by atoms with E-state index in [4.69, 9.17) is 4.11 Å². The van der Waals surface area contributed by atoms with Crippen molar-refractivity contribution in [3.05, 3.63) is 69.8 Å². The zero-order chi connectivity index (χ0) is 28.6. The molecule has 204 valence electrons. The number of hydrogen-bond acceptors (Lipinski definition) is 2. The van der Waals surface area contributed by atoms with Crippen LogP contribution in [0.1, 0.15) is 102 Å². The third kappa shape index (κ3) is 3.80. The number of nitrogens with zero attached hydrogens (tertiary/aromatic N) is 2. The molecule has 8 rings (SSSR count). The fourth-order valence-electron chi connectivity index (χ4n) is 10.4. The Bertz CT molecular complexity index is 1300. The molecule has 2 saturated carbocycles. The standard InChI is InChI=1S/2C18H25N/c2*1-13-6-7-14-12-17-15-5-3-4-8-18(15,16(14)11-13)9-10-19(17)2/h2*6-7,11,15,17H,3-5,8-10,12H2,1-2H3/t2*15-,17+,18+/m11/s1/i2D3;. The van der Waals surface area contributed by atoms with Crippen LogP contribution < -0.4 is 0 Å². The molecule has 2 aliphatic heterocycles. The molecule has 2 heterocycles. The Kier molecular flexibility index (Phi) is 5.51. The van der Waals surface area contributed by atoms with E-state index in [1.54, 1.807) is 16.7 Å². The van der Waals surface area contributed by atoms with Crippen molar-refractivity contribution in [1.82, 2.24) is 9.80 Å². The predicted molar refractivity (Wildman–Crippen MR) is 159 cm³/mol. The van der Waals surface area contributed by atoms with Crippen molar-refractivity contribution in [2.24, 2.45) is 11.8 Å². The van der Waals surface area contributed by atoms with Gasteiger partial charge in [0.2, 0.25) is 0 Å². The fraction of sp³-hybridized carbons (Fsp3) is 0.667. The Hall–Kier alpha value is -1.64. The van der Waals surface area contributed by atoms with Gasteiger partial charge in [-0.15, -0.1) is 0 Å². The smallest absolute Gasteiger partial charge is 0.0394 e. The minimum Gasteiger partial charge on any atom is -0.303 e. The first kappa shape index (κ1) is 22.1. The highest BCUT2D eigenvalue weighted by Crippen LogP contribution is 2.56. The SMILES string of the molecule is Cc1ccc2c(c1)[C@]13CCCC[C@@H]1[C@H](C2)N(C)CC3.[2H]C([2H])([2H])N1CC[C@@]23CCCC[C@@H]2[C@@H]1Cc1ccc(C)cc13. The molecule has 6 atom stereocenters. The zero-order valence-electron chi connectivity index (χ0n) is 27.1. The molecule has 38 heavy (non-hydrogen) atoms. The second kappa shape index (κ2) is 9.48. The largest absolute Gasteiger partial charge is 0.303 e. The van der Waals surface area contributed by atoms with Gasteiger partial charge >= 0.3 is 0 Å². The minimum absolute atomic E-state index is 0.205. The topological polar surface area (TPSA) is 6.48 Å². The number of benzene rings is 2. The number of fused-ring (bicyclic) bond motifs is 2. The number of likely N-dealkylation sites (N-methyl/N-ethyl adjacent to an activating group) is 2. The Morgan fingerprint density at radius 3 is 1.71 bits per heavy atom. The lowest BCUT2D eigenvalue weighted by atomic mass is 9.52. The highest BCUT2D eigenvalue weighted by atomic mass is 15.2. The van der Waals surface area contributed by atoms with Gasteiger partial charge in [0.25, 0.3) is 0 Å². The summed E-state index contributed by atoms with van der Waals surface area (Å²) in [4.78, 5) is 4.49. The van der Waals surface area contributed by atoms with Gasteiger partial charge in [-0.2, -0.15) is 0 Å². The van der Waals surface area contributed by atoms with Crippen molar-refractivity contribution in [3.63, 3.8) is 0 Å². The second-order valence-corrected chi connectivity index (χ2v) is 14.1. The molecule has 2 nitrogen and oxygen atoms in total. The summed E-state index contributed by atoms with van der Waals surface area (Å²) in [7, 11) is 2.35. The van der Waals surface area contributed by atoms with Crippen LogP contribution in [0, 0.1) is 25.7 Å². The van der Waals surface area contributed by atoms with Crippen LogP contribution >= 0.6 is 0 Å². The molecule has 0 unspecified atom stereocenters. The van der Waals surface area contributed by atoms with Gasteiger partial charge in [-0.25, -0.2) is 0 Å². The number of likely N-dealkylation sites (tertiary alicyclic amines) is 2. The van der Waals surface area contributed by atoms with Crippen LogP contribution in [-0.2, 0) is 23.7 Å². The molecule has 2 aromatic carbocycles. The number of hydrogen-bond donors (Lipinski definition) is 0. The normalized spacial score (nSPS) is 39.1. The van der Waals surface area contributed by atoms with Crippen LogP contribution in [0.15, 0.2) is 36.4 Å². The van der Waals surface area contributed by atoms with Crippen molar-refractivity contribution in [2.75, 3.05) is 27.1 Å². The number of aryl methyl sites for hydroxylation is 2. The zero-order valence-corrected chi connectivity index (χ0v) is 24.1. The number of piperidine rings is 2. The lowest BCUT2D eigenvalue weighted by Gasteiger charge is -2.58. The van der Waals surface area contributed by atoms with Crippen LogP contribution in [0.3, 0.4) is 0 Å². The molecule has 2 aromatic rings. The van der Waals surface area contributed by atoms with Gasteiger partial charge in [-0.3, -0.25) is 0 Å². The molecule has 0 spiro atoms. The molecule has 4 bridgehead atoms. The van der Waals surface area contributed by atoms with E-state index >= 15 is 0 Å². The summed E-state index contributed by atoms with van der Waals surface area (Å²) < 4.78 is 23.8. The van der Waals surface area contributed by atoms with Gasteiger partial charge in [0.15, 0.2) is 0 Å². The molecule has 6 aliphatic rings. The Labute approximate surface area is 236 Å². The second-order valence-electron chi connectivity index (χ2n) is 14.1. The predicted octanol–water partition coefficient (Wildman–Crippen LogP) is 7.37. The van der Waals surface area contributed by atoms with E-state index in [0.29, 0.717) is 11.3 Å². The average molecular weight is 514 g/mol. The van der Waals surface area contributed by atoms with Crippen LogP contribution in [0.5, 0.6) is 0 Å². The van der Waals surface area contributed by atoms with E-state index in [1.165, 1.54) is 87.4 Å². The third-order valence-electron chi connectivity index (χ3n) is 12.3. The van der Waals surface area contributed by atoms with E-state index in [1.807, 2.05) is 4.90 Å². The van der Waals surface area contributed by atoms with E-state index in [9.17, 15) is 0 Å². The summed E-state index contributed by atoms with van der Waals surface area (Å²) in [5.74, 6) is 1.46.